The summed E-state index contributed by atoms with van der Waals surface area (Å²) < 4.78 is 22.6. The van der Waals surface area contributed by atoms with Crippen LogP contribution in [0.15, 0.2) is 29.2 Å². The van der Waals surface area contributed by atoms with E-state index in [1.54, 1.807) is 12.1 Å². The Morgan fingerprint density at radius 3 is 2.00 bits per heavy atom. The maximum Gasteiger partial charge on any atom is 0.175 e. The number of hydrogen-bond acceptors (Lipinski definition) is 4. The smallest absolute Gasteiger partial charge is 0.175 e. The molecule has 1 aliphatic carbocycles. The Hall–Kier alpha value is -0.910. The van der Waals surface area contributed by atoms with Crippen LogP contribution in [-0.4, -0.2) is 52.8 Å². The van der Waals surface area contributed by atoms with Crippen molar-refractivity contribution in [2.75, 3.05) is 39.5 Å². The average Bonchev–Trinajstić information content (AvgIpc) is 2.56. The van der Waals surface area contributed by atoms with Crippen molar-refractivity contribution in [1.29, 1.82) is 0 Å². The molecule has 1 N–H and O–H groups in total. The number of sulfone groups is 1. The number of likely N-dealkylation sites (N-methyl/N-ethyl adjacent to an activating group) is 1. The first-order chi connectivity index (χ1) is 11.0. The van der Waals surface area contributed by atoms with Gasteiger partial charge in [0, 0.05) is 32.4 Å². The molecule has 4 nitrogen and oxygen atoms in total. The lowest BCUT2D eigenvalue weighted by Gasteiger charge is -2.21. The third-order valence-corrected chi connectivity index (χ3v) is 5.85. The molecule has 5 heteroatoms. The molecular weight excluding hydrogens is 308 g/mol. The van der Waals surface area contributed by atoms with Crippen LogP contribution in [0.5, 0.6) is 0 Å². The molecule has 1 aliphatic heterocycles. The van der Waals surface area contributed by atoms with Crippen molar-refractivity contribution < 1.29 is 8.42 Å². The average molecular weight is 339 g/mol. The highest BCUT2D eigenvalue weighted by molar-refractivity contribution is 7.90. The minimum atomic E-state index is -3.05. The van der Waals surface area contributed by atoms with Crippen LogP contribution in [0.2, 0.25) is 0 Å². The van der Waals surface area contributed by atoms with Crippen LogP contribution in [0.25, 0.3) is 0 Å². The summed E-state index contributed by atoms with van der Waals surface area (Å²) in [6, 6.07) is 7.43. The molecule has 0 bridgehead atoms. The zero-order chi connectivity index (χ0) is 16.7. The van der Waals surface area contributed by atoms with Gasteiger partial charge < -0.3 is 10.2 Å². The summed E-state index contributed by atoms with van der Waals surface area (Å²) in [7, 11) is -0.897. The van der Waals surface area contributed by atoms with Gasteiger partial charge in [-0.25, -0.2) is 8.42 Å². The summed E-state index contributed by atoms with van der Waals surface area (Å²) in [5.41, 5.74) is 1.30. The van der Waals surface area contributed by atoms with Gasteiger partial charge in [-0.15, -0.1) is 0 Å². The Labute approximate surface area is 141 Å². The fraction of sp³-hybridized carbons (Fsp3) is 0.667. The Balaban J connectivity index is 0.000000229. The first-order valence-corrected chi connectivity index (χ1v) is 10.6. The molecular formula is C18H30N2O2S. The SMILES string of the molecule is CN1CCNCC1.CS(=O)(=O)c1ccc(C2CCCCC2)cc1. The Bertz CT molecular complexity index is 557. The standard InChI is InChI=1S/C13H18O2S.C5H12N2/c1-16(14,15)13-9-7-12(8-10-13)11-5-3-2-4-6-11;1-7-4-2-6-3-5-7/h7-11H,2-6H2,1H3;6H,2-5H2,1H3. The number of piperazine rings is 1. The highest BCUT2D eigenvalue weighted by Crippen LogP contribution is 2.32. The molecule has 0 radical (unpaired) electrons. The van der Waals surface area contributed by atoms with Gasteiger partial charge in [0.15, 0.2) is 9.84 Å². The van der Waals surface area contributed by atoms with E-state index in [1.807, 2.05) is 12.1 Å². The lowest BCUT2D eigenvalue weighted by Crippen LogP contribution is -2.40. The maximum atomic E-state index is 11.3. The molecule has 130 valence electrons. The van der Waals surface area contributed by atoms with E-state index < -0.39 is 9.84 Å². The fourth-order valence-electron chi connectivity index (χ4n) is 3.20. The molecule has 1 heterocycles. The number of rotatable bonds is 2. The van der Waals surface area contributed by atoms with Crippen LogP contribution in [0.3, 0.4) is 0 Å². The minimum absolute atomic E-state index is 0.423. The fourth-order valence-corrected chi connectivity index (χ4v) is 3.83. The van der Waals surface area contributed by atoms with E-state index in [4.69, 9.17) is 0 Å². The van der Waals surface area contributed by atoms with Gasteiger partial charge in [0.25, 0.3) is 0 Å². The molecule has 0 unspecified atom stereocenters. The second kappa shape index (κ2) is 8.81. The van der Waals surface area contributed by atoms with Crippen LogP contribution in [0.1, 0.15) is 43.6 Å². The molecule has 0 atom stereocenters. The highest BCUT2D eigenvalue weighted by atomic mass is 32.2. The lowest BCUT2D eigenvalue weighted by molar-refractivity contribution is 0.291. The second-order valence-corrected chi connectivity index (χ2v) is 8.75. The lowest BCUT2D eigenvalue weighted by atomic mass is 9.84. The van der Waals surface area contributed by atoms with E-state index in [0.717, 1.165) is 13.1 Å². The largest absolute Gasteiger partial charge is 0.314 e. The molecule has 0 aromatic heterocycles. The molecule has 1 saturated carbocycles. The summed E-state index contributed by atoms with van der Waals surface area (Å²) >= 11 is 0. The van der Waals surface area contributed by atoms with Crippen molar-refractivity contribution in [3.05, 3.63) is 29.8 Å². The normalized spacial score (nSPS) is 20.6. The van der Waals surface area contributed by atoms with Crippen LogP contribution < -0.4 is 5.32 Å². The molecule has 1 saturated heterocycles. The van der Waals surface area contributed by atoms with Gasteiger partial charge in [-0.05, 0) is 43.5 Å². The summed E-state index contributed by atoms with van der Waals surface area (Å²) in [4.78, 5) is 2.75. The molecule has 23 heavy (non-hydrogen) atoms. The number of nitrogens with zero attached hydrogens (tertiary/aromatic N) is 1. The summed E-state index contributed by atoms with van der Waals surface area (Å²) in [6.45, 7) is 4.74. The molecule has 2 fully saturated rings. The minimum Gasteiger partial charge on any atom is -0.314 e. The molecule has 2 aliphatic rings. The molecule has 0 spiro atoms. The van der Waals surface area contributed by atoms with Crippen molar-refractivity contribution in [2.45, 2.75) is 42.9 Å². The third-order valence-electron chi connectivity index (χ3n) is 4.73. The highest BCUT2D eigenvalue weighted by Gasteiger charge is 2.16. The van der Waals surface area contributed by atoms with E-state index in [2.05, 4.69) is 17.3 Å². The van der Waals surface area contributed by atoms with Gasteiger partial charge in [-0.3, -0.25) is 0 Å². The van der Waals surface area contributed by atoms with E-state index >= 15 is 0 Å². The summed E-state index contributed by atoms with van der Waals surface area (Å²) in [5.74, 6) is 0.641. The molecule has 3 rings (SSSR count). The van der Waals surface area contributed by atoms with Gasteiger partial charge in [0.2, 0.25) is 0 Å². The van der Waals surface area contributed by atoms with Crippen LogP contribution >= 0.6 is 0 Å². The van der Waals surface area contributed by atoms with Crippen molar-refractivity contribution >= 4 is 9.84 Å². The number of benzene rings is 1. The Morgan fingerprint density at radius 1 is 1.00 bits per heavy atom. The first kappa shape index (κ1) is 18.4. The van der Waals surface area contributed by atoms with Gasteiger partial charge >= 0.3 is 0 Å². The zero-order valence-corrected chi connectivity index (χ0v) is 15.2. The first-order valence-electron chi connectivity index (χ1n) is 8.66. The van der Waals surface area contributed by atoms with Crippen molar-refractivity contribution in [2.24, 2.45) is 0 Å². The maximum absolute atomic E-state index is 11.3. The van der Waals surface area contributed by atoms with Gasteiger partial charge in [0.05, 0.1) is 4.90 Å². The third kappa shape index (κ3) is 6.24. The van der Waals surface area contributed by atoms with Crippen LogP contribution in [-0.2, 0) is 9.84 Å². The van der Waals surface area contributed by atoms with E-state index in [-0.39, 0.29) is 0 Å². The van der Waals surface area contributed by atoms with Gasteiger partial charge in [0.1, 0.15) is 0 Å². The molecule has 0 amide bonds. The van der Waals surface area contributed by atoms with E-state index in [0.29, 0.717) is 10.8 Å². The Morgan fingerprint density at radius 2 is 1.57 bits per heavy atom. The van der Waals surface area contributed by atoms with Crippen LogP contribution in [0, 0.1) is 0 Å². The zero-order valence-electron chi connectivity index (χ0n) is 14.4. The second-order valence-electron chi connectivity index (χ2n) is 6.73. The summed E-state index contributed by atoms with van der Waals surface area (Å²) in [6.07, 6.45) is 7.70. The van der Waals surface area contributed by atoms with E-state index in [1.165, 1.54) is 57.0 Å². The quantitative estimate of drug-likeness (QED) is 0.901. The number of nitrogens with one attached hydrogen (secondary N) is 1. The monoisotopic (exact) mass is 338 g/mol. The van der Waals surface area contributed by atoms with E-state index in [9.17, 15) is 8.42 Å². The molecule has 1 aromatic carbocycles. The van der Waals surface area contributed by atoms with Crippen molar-refractivity contribution in [3.63, 3.8) is 0 Å². The summed E-state index contributed by atoms with van der Waals surface area (Å²) in [5, 5.41) is 3.27. The van der Waals surface area contributed by atoms with Crippen LogP contribution in [0.4, 0.5) is 0 Å². The van der Waals surface area contributed by atoms with Gasteiger partial charge in [-0.1, -0.05) is 31.4 Å². The van der Waals surface area contributed by atoms with Gasteiger partial charge in [-0.2, -0.15) is 0 Å². The topological polar surface area (TPSA) is 49.4 Å². The predicted molar refractivity (Wildman–Crippen MR) is 95.7 cm³/mol. The predicted octanol–water partition coefficient (Wildman–Crippen LogP) is 2.66. The van der Waals surface area contributed by atoms with Crippen molar-refractivity contribution in [1.82, 2.24) is 10.2 Å². The molecule has 1 aromatic rings. The number of hydrogen-bond donors (Lipinski definition) is 1. The van der Waals surface area contributed by atoms with Crippen molar-refractivity contribution in [3.8, 4) is 0 Å². The Kier molecular flexibility index (Phi) is 7.06.